The molecule has 0 unspecified atom stereocenters. The monoisotopic (exact) mass is 446 g/mol. The SMILES string of the molecule is CCN(CCC(=O)O)c1ccc(/N=N/c2cc(C)c(/N=N/c3ccncc3)cc2OC)cc1. The number of pyridine rings is 1. The molecule has 3 rings (SSSR count). The van der Waals surface area contributed by atoms with Crippen LogP contribution in [-0.4, -0.2) is 36.3 Å². The summed E-state index contributed by atoms with van der Waals surface area (Å²) >= 11 is 0. The van der Waals surface area contributed by atoms with E-state index in [2.05, 4.69) is 25.4 Å². The number of benzene rings is 2. The lowest BCUT2D eigenvalue weighted by Gasteiger charge is -2.22. The highest BCUT2D eigenvalue weighted by atomic mass is 16.5. The summed E-state index contributed by atoms with van der Waals surface area (Å²) in [5, 5.41) is 26.1. The quantitative estimate of drug-likeness (QED) is 0.356. The number of carboxylic acid groups (broad SMARTS) is 1. The second-order valence-electron chi connectivity index (χ2n) is 7.16. The summed E-state index contributed by atoms with van der Waals surface area (Å²) in [4.78, 5) is 16.8. The fraction of sp³-hybridized carbons (Fsp3) is 0.250. The summed E-state index contributed by atoms with van der Waals surface area (Å²) in [6.07, 6.45) is 3.41. The van der Waals surface area contributed by atoms with Crippen LogP contribution >= 0.6 is 0 Å². The lowest BCUT2D eigenvalue weighted by molar-refractivity contribution is -0.136. The molecular weight excluding hydrogens is 420 g/mol. The van der Waals surface area contributed by atoms with Crippen molar-refractivity contribution in [2.24, 2.45) is 20.5 Å². The molecule has 9 heteroatoms. The number of methoxy groups -OCH3 is 1. The van der Waals surface area contributed by atoms with Gasteiger partial charge in [-0.3, -0.25) is 9.78 Å². The Balaban J connectivity index is 1.75. The van der Waals surface area contributed by atoms with Crippen LogP contribution in [0, 0.1) is 6.92 Å². The molecule has 0 atom stereocenters. The van der Waals surface area contributed by atoms with Crippen LogP contribution in [0.3, 0.4) is 0 Å². The molecule has 0 spiro atoms. The molecule has 2 aromatic carbocycles. The number of aliphatic carboxylic acids is 1. The van der Waals surface area contributed by atoms with Gasteiger partial charge in [0.15, 0.2) is 0 Å². The van der Waals surface area contributed by atoms with Crippen LogP contribution in [0.5, 0.6) is 5.75 Å². The number of azo groups is 2. The Labute approximate surface area is 192 Å². The summed E-state index contributed by atoms with van der Waals surface area (Å²) in [7, 11) is 1.57. The van der Waals surface area contributed by atoms with Crippen molar-refractivity contribution >= 4 is 34.4 Å². The normalized spacial score (nSPS) is 11.2. The molecule has 0 aliphatic rings. The second-order valence-corrected chi connectivity index (χ2v) is 7.16. The molecule has 0 aliphatic heterocycles. The number of carbonyl (C=O) groups is 1. The number of hydrogen-bond acceptors (Lipinski definition) is 8. The number of carboxylic acids is 1. The van der Waals surface area contributed by atoms with Gasteiger partial charge in [-0.15, -0.1) is 5.11 Å². The summed E-state index contributed by atoms with van der Waals surface area (Å²) in [5.41, 5.74) is 4.46. The number of aromatic nitrogens is 1. The Morgan fingerprint density at radius 3 is 2.21 bits per heavy atom. The van der Waals surface area contributed by atoms with Crippen molar-refractivity contribution in [1.29, 1.82) is 0 Å². The van der Waals surface area contributed by atoms with Gasteiger partial charge in [-0.1, -0.05) is 0 Å². The van der Waals surface area contributed by atoms with Gasteiger partial charge in [-0.25, -0.2) is 0 Å². The minimum Gasteiger partial charge on any atom is -0.494 e. The number of hydrogen-bond donors (Lipinski definition) is 1. The fourth-order valence-electron chi connectivity index (χ4n) is 3.08. The predicted molar refractivity (Wildman–Crippen MR) is 127 cm³/mol. The maximum absolute atomic E-state index is 10.8. The van der Waals surface area contributed by atoms with Crippen molar-refractivity contribution in [2.75, 3.05) is 25.1 Å². The van der Waals surface area contributed by atoms with Crippen LogP contribution in [-0.2, 0) is 4.79 Å². The van der Waals surface area contributed by atoms with E-state index in [9.17, 15) is 4.79 Å². The Kier molecular flexibility index (Phi) is 8.18. The molecule has 1 aromatic heterocycles. The molecule has 0 fully saturated rings. The molecule has 33 heavy (non-hydrogen) atoms. The van der Waals surface area contributed by atoms with Gasteiger partial charge in [0.25, 0.3) is 0 Å². The van der Waals surface area contributed by atoms with Gasteiger partial charge in [0, 0.05) is 37.2 Å². The summed E-state index contributed by atoms with van der Waals surface area (Å²) in [6, 6.07) is 14.7. The lowest BCUT2D eigenvalue weighted by atomic mass is 10.1. The Morgan fingerprint density at radius 1 is 0.970 bits per heavy atom. The molecule has 0 aliphatic carbocycles. The van der Waals surface area contributed by atoms with E-state index in [4.69, 9.17) is 9.84 Å². The minimum absolute atomic E-state index is 0.0898. The van der Waals surface area contributed by atoms with Crippen molar-refractivity contribution in [3.8, 4) is 5.75 Å². The van der Waals surface area contributed by atoms with Crippen LogP contribution in [0.15, 0.2) is 81.4 Å². The fourth-order valence-corrected chi connectivity index (χ4v) is 3.08. The standard InChI is InChI=1S/C24H26N6O3/c1-4-30(14-11-24(31)32)20-7-5-18(6-8-20)26-29-22-15-17(2)21(16-23(22)33-3)28-27-19-9-12-25-13-10-19/h5-10,12-13,15-16H,4,11,14H2,1-3H3,(H,31,32)/b28-27+,29-26+. The van der Waals surface area contributed by atoms with Gasteiger partial charge >= 0.3 is 5.97 Å². The zero-order valence-electron chi connectivity index (χ0n) is 18.8. The Morgan fingerprint density at radius 2 is 1.61 bits per heavy atom. The van der Waals surface area contributed by atoms with Crippen LogP contribution in [0.25, 0.3) is 0 Å². The molecule has 0 radical (unpaired) electrons. The zero-order valence-corrected chi connectivity index (χ0v) is 18.8. The number of nitrogens with zero attached hydrogens (tertiary/aromatic N) is 6. The zero-order chi connectivity index (χ0) is 23.6. The van der Waals surface area contributed by atoms with Crippen LogP contribution in [0.4, 0.5) is 28.4 Å². The van der Waals surface area contributed by atoms with Crippen molar-refractivity contribution < 1.29 is 14.6 Å². The molecule has 170 valence electrons. The number of rotatable bonds is 10. The van der Waals surface area contributed by atoms with E-state index in [1.807, 2.05) is 49.1 Å². The van der Waals surface area contributed by atoms with E-state index >= 15 is 0 Å². The summed E-state index contributed by atoms with van der Waals surface area (Å²) in [5.74, 6) is -0.275. The average molecular weight is 447 g/mol. The van der Waals surface area contributed by atoms with Crippen molar-refractivity contribution in [1.82, 2.24) is 4.98 Å². The third-order valence-electron chi connectivity index (χ3n) is 4.90. The highest BCUT2D eigenvalue weighted by Gasteiger charge is 2.09. The molecule has 0 saturated heterocycles. The third-order valence-corrected chi connectivity index (χ3v) is 4.90. The van der Waals surface area contributed by atoms with Crippen LogP contribution < -0.4 is 9.64 Å². The van der Waals surface area contributed by atoms with E-state index in [1.165, 1.54) is 0 Å². The molecular formula is C24H26N6O3. The van der Waals surface area contributed by atoms with Gasteiger partial charge in [0.05, 0.1) is 30.6 Å². The smallest absolute Gasteiger partial charge is 0.305 e. The molecule has 0 saturated carbocycles. The molecule has 9 nitrogen and oxygen atoms in total. The molecule has 1 heterocycles. The second kappa shape index (κ2) is 11.5. The van der Waals surface area contributed by atoms with E-state index in [1.54, 1.807) is 37.7 Å². The minimum atomic E-state index is -0.812. The number of ether oxygens (including phenoxy) is 1. The van der Waals surface area contributed by atoms with Crippen molar-refractivity contribution in [2.45, 2.75) is 20.3 Å². The molecule has 1 N–H and O–H groups in total. The van der Waals surface area contributed by atoms with E-state index in [-0.39, 0.29) is 6.42 Å². The van der Waals surface area contributed by atoms with Gasteiger partial charge in [0.2, 0.25) is 0 Å². The van der Waals surface area contributed by atoms with Crippen molar-refractivity contribution in [3.05, 3.63) is 66.5 Å². The maximum atomic E-state index is 10.8. The largest absolute Gasteiger partial charge is 0.494 e. The maximum Gasteiger partial charge on any atom is 0.305 e. The first kappa shape index (κ1) is 23.5. The van der Waals surface area contributed by atoms with E-state index < -0.39 is 5.97 Å². The summed E-state index contributed by atoms with van der Waals surface area (Å²) < 4.78 is 5.47. The van der Waals surface area contributed by atoms with E-state index in [0.717, 1.165) is 17.8 Å². The topological polar surface area (TPSA) is 112 Å². The van der Waals surface area contributed by atoms with Crippen LogP contribution in [0.2, 0.25) is 0 Å². The highest BCUT2D eigenvalue weighted by Crippen LogP contribution is 2.36. The van der Waals surface area contributed by atoms with Crippen LogP contribution in [0.1, 0.15) is 18.9 Å². The van der Waals surface area contributed by atoms with Crippen molar-refractivity contribution in [3.63, 3.8) is 0 Å². The predicted octanol–water partition coefficient (Wildman–Crippen LogP) is 6.53. The Hall–Kier alpha value is -4.14. The molecule has 3 aromatic rings. The highest BCUT2D eigenvalue weighted by molar-refractivity contribution is 5.68. The number of anilines is 1. The first-order chi connectivity index (χ1) is 16.0. The first-order valence-corrected chi connectivity index (χ1v) is 10.5. The lowest BCUT2D eigenvalue weighted by Crippen LogP contribution is -2.25. The Bertz CT molecular complexity index is 1130. The number of aryl methyl sites for hydroxylation is 1. The summed E-state index contributed by atoms with van der Waals surface area (Å²) in [6.45, 7) is 5.08. The van der Waals surface area contributed by atoms with Gasteiger partial charge in [-0.2, -0.15) is 15.3 Å². The van der Waals surface area contributed by atoms with Gasteiger partial charge in [0.1, 0.15) is 11.4 Å². The third kappa shape index (κ3) is 6.67. The van der Waals surface area contributed by atoms with Gasteiger partial charge < -0.3 is 14.7 Å². The molecule has 0 bridgehead atoms. The van der Waals surface area contributed by atoms with E-state index in [0.29, 0.717) is 35.0 Å². The molecule has 0 amide bonds. The average Bonchev–Trinajstić information content (AvgIpc) is 2.83. The van der Waals surface area contributed by atoms with Gasteiger partial charge in [-0.05, 0) is 61.9 Å². The first-order valence-electron chi connectivity index (χ1n) is 10.5.